The van der Waals surface area contributed by atoms with Gasteiger partial charge in [0.1, 0.15) is 16.5 Å². The largest absolute Gasteiger partial charge is 0.416 e. The maximum Gasteiger partial charge on any atom is 0.416 e. The zero-order valence-corrected chi connectivity index (χ0v) is 19.7. The van der Waals surface area contributed by atoms with Gasteiger partial charge in [-0.05, 0) is 49.7 Å². The number of carbonyl (C=O) groups is 1. The molecule has 0 spiro atoms. The first-order valence-corrected chi connectivity index (χ1v) is 12.1. The van der Waals surface area contributed by atoms with Crippen LogP contribution >= 0.6 is 0 Å². The van der Waals surface area contributed by atoms with Crippen molar-refractivity contribution in [3.8, 4) is 5.75 Å². The van der Waals surface area contributed by atoms with Gasteiger partial charge in [0.05, 0.1) is 11.1 Å². The molecule has 5 nitrogen and oxygen atoms in total. The lowest BCUT2D eigenvalue weighted by Crippen LogP contribution is -2.38. The van der Waals surface area contributed by atoms with E-state index >= 15 is 0 Å². The van der Waals surface area contributed by atoms with Crippen molar-refractivity contribution < 1.29 is 35.0 Å². The van der Waals surface area contributed by atoms with E-state index in [-0.39, 0.29) is 29.5 Å². The summed E-state index contributed by atoms with van der Waals surface area (Å²) in [5, 5.41) is 0. The highest BCUT2D eigenvalue weighted by Gasteiger charge is 2.32. The number of carbonyl (C=O) groups excluding carboxylic acids is 1. The number of benzene rings is 3. The Hall–Kier alpha value is -3.40. The highest BCUT2D eigenvalue weighted by Crippen LogP contribution is 2.32. The lowest BCUT2D eigenvalue weighted by molar-refractivity contribution is -0.137. The number of alkyl halides is 3. The number of hydrogen-bond donors (Lipinski definition) is 0. The van der Waals surface area contributed by atoms with Crippen molar-refractivity contribution in [2.45, 2.75) is 43.9 Å². The van der Waals surface area contributed by atoms with Crippen LogP contribution in [0.15, 0.2) is 77.7 Å². The monoisotopic (exact) mass is 509 g/mol. The Morgan fingerprint density at radius 3 is 2.31 bits per heavy atom. The van der Waals surface area contributed by atoms with Crippen LogP contribution in [0.4, 0.5) is 17.6 Å². The van der Waals surface area contributed by atoms with Crippen LogP contribution in [-0.2, 0) is 22.8 Å². The van der Waals surface area contributed by atoms with Crippen LogP contribution in [0.25, 0.3) is 0 Å². The Morgan fingerprint density at radius 1 is 1.00 bits per heavy atom. The van der Waals surface area contributed by atoms with Gasteiger partial charge < -0.3 is 9.08 Å². The molecule has 186 valence electrons. The zero-order valence-electron chi connectivity index (χ0n) is 18.9. The van der Waals surface area contributed by atoms with Crippen LogP contribution < -0.4 is 4.18 Å². The number of rotatable bonds is 8. The van der Waals surface area contributed by atoms with Crippen molar-refractivity contribution in [1.29, 1.82) is 0 Å². The minimum atomic E-state index is -4.73. The van der Waals surface area contributed by atoms with Crippen LogP contribution in [0, 0.1) is 5.82 Å². The lowest BCUT2D eigenvalue weighted by atomic mass is 10.1. The summed E-state index contributed by atoms with van der Waals surface area (Å²) in [6.45, 7) is 3.49. The van der Waals surface area contributed by atoms with Gasteiger partial charge >= 0.3 is 16.3 Å². The maximum atomic E-state index is 14.3. The summed E-state index contributed by atoms with van der Waals surface area (Å²) in [4.78, 5) is 13.9. The van der Waals surface area contributed by atoms with Crippen LogP contribution in [-0.4, -0.2) is 25.3 Å². The van der Waals surface area contributed by atoms with E-state index in [4.69, 9.17) is 4.18 Å². The summed E-state index contributed by atoms with van der Waals surface area (Å²) in [7, 11) is -4.62. The van der Waals surface area contributed by atoms with Crippen LogP contribution in [0.5, 0.6) is 5.75 Å². The van der Waals surface area contributed by atoms with E-state index < -0.39 is 38.5 Å². The van der Waals surface area contributed by atoms with Crippen molar-refractivity contribution in [2.75, 3.05) is 0 Å². The minimum absolute atomic E-state index is 0.115. The third-order valence-electron chi connectivity index (χ3n) is 5.45. The van der Waals surface area contributed by atoms with Gasteiger partial charge in [-0.2, -0.15) is 21.6 Å². The molecule has 10 heteroatoms. The van der Waals surface area contributed by atoms with E-state index in [0.717, 1.165) is 18.2 Å². The minimum Gasteiger partial charge on any atom is -0.379 e. The fourth-order valence-electron chi connectivity index (χ4n) is 3.33. The Bertz CT molecular complexity index is 1310. The smallest absolute Gasteiger partial charge is 0.379 e. The number of nitrogens with zero attached hydrogens (tertiary/aromatic N) is 1. The molecule has 3 rings (SSSR count). The van der Waals surface area contributed by atoms with Gasteiger partial charge in [-0.25, -0.2) is 4.39 Å². The molecular weight excluding hydrogens is 486 g/mol. The highest BCUT2D eigenvalue weighted by molar-refractivity contribution is 7.87. The van der Waals surface area contributed by atoms with Crippen LogP contribution in [0.2, 0.25) is 0 Å². The van der Waals surface area contributed by atoms with Crippen LogP contribution in [0.1, 0.15) is 41.8 Å². The Kier molecular flexibility index (Phi) is 7.84. The summed E-state index contributed by atoms with van der Waals surface area (Å²) < 4.78 is 84.2. The molecule has 0 aliphatic rings. The maximum absolute atomic E-state index is 14.3. The summed E-state index contributed by atoms with van der Waals surface area (Å²) in [6.07, 6.45) is -4.20. The molecule has 0 radical (unpaired) electrons. The molecule has 3 aromatic carbocycles. The second-order valence-corrected chi connectivity index (χ2v) is 9.39. The topological polar surface area (TPSA) is 63.7 Å². The van der Waals surface area contributed by atoms with Crippen molar-refractivity contribution in [3.63, 3.8) is 0 Å². The summed E-state index contributed by atoms with van der Waals surface area (Å²) in [5.74, 6) is -1.44. The first kappa shape index (κ1) is 26.2. The van der Waals surface area contributed by atoms with Crippen molar-refractivity contribution in [1.82, 2.24) is 4.90 Å². The van der Waals surface area contributed by atoms with Crippen molar-refractivity contribution in [2.24, 2.45) is 0 Å². The molecule has 0 unspecified atom stereocenters. The fraction of sp³-hybridized carbons (Fsp3) is 0.240. The van der Waals surface area contributed by atoms with Gasteiger partial charge in [-0.15, -0.1) is 0 Å². The van der Waals surface area contributed by atoms with Gasteiger partial charge in [0, 0.05) is 18.2 Å². The first-order valence-electron chi connectivity index (χ1n) is 10.7. The summed E-state index contributed by atoms with van der Waals surface area (Å²) >= 11 is 0. The third kappa shape index (κ3) is 6.19. The summed E-state index contributed by atoms with van der Waals surface area (Å²) in [5.41, 5.74) is -0.982. The summed E-state index contributed by atoms with van der Waals surface area (Å²) in [6, 6.07) is 14.4. The molecule has 0 saturated heterocycles. The Balaban J connectivity index is 1.94. The zero-order chi connectivity index (χ0) is 25.8. The van der Waals surface area contributed by atoms with E-state index in [1.54, 1.807) is 13.0 Å². The Labute approximate surface area is 201 Å². The van der Waals surface area contributed by atoms with E-state index in [9.17, 15) is 30.8 Å². The quantitative estimate of drug-likeness (QED) is 0.274. The van der Waals surface area contributed by atoms with Crippen molar-refractivity contribution in [3.05, 3.63) is 95.3 Å². The van der Waals surface area contributed by atoms with Crippen LogP contribution in [0.3, 0.4) is 0 Å². The second kappa shape index (κ2) is 10.5. The van der Waals surface area contributed by atoms with Gasteiger partial charge in [-0.3, -0.25) is 4.79 Å². The lowest BCUT2D eigenvalue weighted by Gasteiger charge is -2.29. The molecule has 0 fully saturated rings. The molecule has 0 saturated carbocycles. The predicted octanol–water partition coefficient (Wildman–Crippen LogP) is 6.05. The van der Waals surface area contributed by atoms with Gasteiger partial charge in [0.25, 0.3) is 5.91 Å². The molecule has 3 aromatic rings. The van der Waals surface area contributed by atoms with Crippen molar-refractivity contribution >= 4 is 16.0 Å². The van der Waals surface area contributed by atoms with Gasteiger partial charge in [-0.1, -0.05) is 43.3 Å². The molecule has 0 aromatic heterocycles. The molecule has 0 heterocycles. The second-order valence-electron chi connectivity index (χ2n) is 7.84. The Morgan fingerprint density at radius 2 is 1.66 bits per heavy atom. The molecular formula is C25H23F4NO4S. The molecule has 1 atom stereocenters. The molecule has 1 amide bonds. The predicted molar refractivity (Wildman–Crippen MR) is 122 cm³/mol. The number of halogens is 4. The average molecular weight is 510 g/mol. The molecule has 35 heavy (non-hydrogen) atoms. The van der Waals surface area contributed by atoms with Gasteiger partial charge in [0.2, 0.25) is 0 Å². The molecule has 0 bridgehead atoms. The van der Waals surface area contributed by atoms with Gasteiger partial charge in [0.15, 0.2) is 0 Å². The SMILES string of the molecule is CC[C@@H](C)N(Cc1ccccc1OS(=O)(=O)c1cccc(C(F)(F)F)c1)C(=O)c1ccccc1F. The van der Waals surface area contributed by atoms with E-state index in [0.29, 0.717) is 12.5 Å². The first-order chi connectivity index (χ1) is 16.4. The highest BCUT2D eigenvalue weighted by atomic mass is 32.2. The third-order valence-corrected chi connectivity index (χ3v) is 6.68. The van der Waals surface area contributed by atoms with E-state index in [2.05, 4.69) is 0 Å². The number of para-hydroxylation sites is 1. The number of amides is 1. The molecule has 0 N–H and O–H groups in total. The number of hydrogen-bond acceptors (Lipinski definition) is 4. The van der Waals surface area contributed by atoms with E-state index in [1.807, 2.05) is 6.92 Å². The van der Waals surface area contributed by atoms with E-state index in [1.165, 1.54) is 47.4 Å². The molecule has 0 aliphatic carbocycles. The fourth-order valence-corrected chi connectivity index (χ4v) is 4.34. The normalized spacial score (nSPS) is 12.7. The average Bonchev–Trinajstić information content (AvgIpc) is 2.82. The standard InChI is InChI=1S/C25H23F4NO4S/c1-3-17(2)30(24(31)21-12-5-6-13-22(21)26)16-18-9-4-7-14-23(18)34-35(32,33)20-11-8-10-19(15-20)25(27,28)29/h4-15,17H,3,16H2,1-2H3/t17-/m1/s1. The molecule has 0 aliphatic heterocycles.